The van der Waals surface area contributed by atoms with E-state index < -0.39 is 0 Å². The summed E-state index contributed by atoms with van der Waals surface area (Å²) >= 11 is 18.1. The molecule has 3 heteroatoms. The molecule has 0 nitrogen and oxygen atoms in total. The van der Waals surface area contributed by atoms with E-state index in [-0.39, 0.29) is 0 Å². The zero-order chi connectivity index (χ0) is 11.7. The summed E-state index contributed by atoms with van der Waals surface area (Å²) in [7, 11) is 0. The molecule has 0 fully saturated rings. The lowest BCUT2D eigenvalue weighted by molar-refractivity contribution is 1.47. The maximum absolute atomic E-state index is 6.13. The Bertz CT molecular complexity index is 512. The van der Waals surface area contributed by atoms with Gasteiger partial charge in [0.05, 0.1) is 0 Å². The fraction of sp³-hybridized carbons (Fsp3) is 0.0769. The van der Waals surface area contributed by atoms with Crippen LogP contribution in [-0.2, 0) is 0 Å². The summed E-state index contributed by atoms with van der Waals surface area (Å²) in [5.74, 6) is 0. The summed E-state index contributed by atoms with van der Waals surface area (Å²) in [5, 5.41) is 2.04. The summed E-state index contributed by atoms with van der Waals surface area (Å²) in [4.78, 5) is 0. The van der Waals surface area contributed by atoms with E-state index in [9.17, 15) is 0 Å². The second-order valence-electron chi connectivity index (χ2n) is 3.64. The van der Waals surface area contributed by atoms with Gasteiger partial charge in [0.2, 0.25) is 0 Å². The summed E-state index contributed by atoms with van der Waals surface area (Å²) in [5.41, 5.74) is 2.98. The van der Waals surface area contributed by atoms with Crippen LogP contribution < -0.4 is 0 Å². The minimum Gasteiger partial charge on any atom is -0.0843 e. The molecule has 0 amide bonds. The normalized spacial score (nSPS) is 10.5. The monoisotopic (exact) mass is 270 g/mol. The number of hydrogen-bond donors (Lipinski definition) is 0. The van der Waals surface area contributed by atoms with Crippen LogP contribution in [0.25, 0.3) is 11.1 Å². The molecular weight excluding hydrogens is 263 g/mol. The van der Waals surface area contributed by atoms with Gasteiger partial charge in [0.15, 0.2) is 0 Å². The topological polar surface area (TPSA) is 0 Å². The van der Waals surface area contributed by atoms with Crippen molar-refractivity contribution >= 4 is 34.8 Å². The molecule has 0 bridgehead atoms. The van der Waals surface area contributed by atoms with Crippen LogP contribution in [-0.4, -0.2) is 0 Å². The van der Waals surface area contributed by atoms with Gasteiger partial charge in [0.25, 0.3) is 0 Å². The van der Waals surface area contributed by atoms with Crippen molar-refractivity contribution < 1.29 is 0 Å². The molecule has 0 aromatic heterocycles. The minimum atomic E-state index is 0.664. The minimum absolute atomic E-state index is 0.664. The molecule has 0 heterocycles. The Labute approximate surface area is 110 Å². The van der Waals surface area contributed by atoms with Gasteiger partial charge >= 0.3 is 0 Å². The van der Waals surface area contributed by atoms with E-state index in [1.807, 2.05) is 31.2 Å². The molecule has 0 N–H and O–H groups in total. The van der Waals surface area contributed by atoms with Gasteiger partial charge in [0.1, 0.15) is 0 Å². The Morgan fingerprint density at radius 3 is 2.25 bits per heavy atom. The van der Waals surface area contributed by atoms with Crippen LogP contribution >= 0.6 is 34.8 Å². The SMILES string of the molecule is Cc1cc(Cl)cc(-c2cc(Cl)ccc2Cl)c1. The summed E-state index contributed by atoms with van der Waals surface area (Å²) < 4.78 is 0. The van der Waals surface area contributed by atoms with Gasteiger partial charge in [-0.15, -0.1) is 0 Å². The van der Waals surface area contributed by atoms with Gasteiger partial charge in [-0.25, -0.2) is 0 Å². The standard InChI is InChI=1S/C13H9Cl3/c1-8-4-9(6-11(15)5-8)12-7-10(14)2-3-13(12)16/h2-7H,1H3. The van der Waals surface area contributed by atoms with E-state index in [0.29, 0.717) is 15.1 Å². The first-order chi connectivity index (χ1) is 7.56. The van der Waals surface area contributed by atoms with Crippen LogP contribution in [0.5, 0.6) is 0 Å². The van der Waals surface area contributed by atoms with Gasteiger partial charge in [0, 0.05) is 20.6 Å². The van der Waals surface area contributed by atoms with Crippen LogP contribution in [0.2, 0.25) is 15.1 Å². The Kier molecular flexibility index (Phi) is 3.44. The van der Waals surface area contributed by atoms with Crippen molar-refractivity contribution in [3.8, 4) is 11.1 Å². The molecule has 2 aromatic carbocycles. The van der Waals surface area contributed by atoms with Crippen molar-refractivity contribution in [3.63, 3.8) is 0 Å². The van der Waals surface area contributed by atoms with E-state index in [4.69, 9.17) is 34.8 Å². The second kappa shape index (κ2) is 4.67. The first-order valence-electron chi connectivity index (χ1n) is 4.79. The molecule has 0 saturated carbocycles. The van der Waals surface area contributed by atoms with E-state index in [1.165, 1.54) is 0 Å². The Morgan fingerprint density at radius 2 is 1.56 bits per heavy atom. The average Bonchev–Trinajstić information content (AvgIpc) is 2.20. The van der Waals surface area contributed by atoms with E-state index in [2.05, 4.69) is 0 Å². The Hall–Kier alpha value is -0.690. The van der Waals surface area contributed by atoms with Crippen LogP contribution in [0, 0.1) is 6.92 Å². The van der Waals surface area contributed by atoms with Crippen LogP contribution in [0.1, 0.15) is 5.56 Å². The van der Waals surface area contributed by atoms with Crippen LogP contribution in [0.3, 0.4) is 0 Å². The smallest absolute Gasteiger partial charge is 0.0485 e. The maximum Gasteiger partial charge on any atom is 0.0485 e. The summed E-state index contributed by atoms with van der Waals surface area (Å²) in [6.07, 6.45) is 0. The van der Waals surface area contributed by atoms with Gasteiger partial charge in [-0.2, -0.15) is 0 Å². The van der Waals surface area contributed by atoms with Gasteiger partial charge in [-0.3, -0.25) is 0 Å². The van der Waals surface area contributed by atoms with E-state index >= 15 is 0 Å². The number of rotatable bonds is 1. The Morgan fingerprint density at radius 1 is 0.812 bits per heavy atom. The van der Waals surface area contributed by atoms with Crippen molar-refractivity contribution in [2.75, 3.05) is 0 Å². The number of benzene rings is 2. The number of halogens is 3. The molecule has 0 aliphatic heterocycles. The van der Waals surface area contributed by atoms with Gasteiger partial charge in [-0.05, 0) is 48.4 Å². The molecule has 2 aromatic rings. The molecule has 0 aliphatic carbocycles. The lowest BCUT2D eigenvalue weighted by Gasteiger charge is -2.07. The predicted molar refractivity (Wildman–Crippen MR) is 71.6 cm³/mol. The fourth-order valence-electron chi connectivity index (χ4n) is 1.61. The van der Waals surface area contributed by atoms with Crippen molar-refractivity contribution in [2.24, 2.45) is 0 Å². The van der Waals surface area contributed by atoms with Crippen molar-refractivity contribution in [3.05, 3.63) is 57.0 Å². The second-order valence-corrected chi connectivity index (χ2v) is 4.92. The molecule has 0 radical (unpaired) electrons. The quantitative estimate of drug-likeness (QED) is 0.631. The molecule has 0 saturated heterocycles. The number of aryl methyl sites for hydroxylation is 1. The van der Waals surface area contributed by atoms with Crippen molar-refractivity contribution in [1.82, 2.24) is 0 Å². The zero-order valence-electron chi connectivity index (χ0n) is 8.60. The highest BCUT2D eigenvalue weighted by Crippen LogP contribution is 2.32. The van der Waals surface area contributed by atoms with E-state index in [1.54, 1.807) is 12.1 Å². The average molecular weight is 272 g/mol. The summed E-state index contributed by atoms with van der Waals surface area (Å²) in [6, 6.07) is 11.2. The van der Waals surface area contributed by atoms with Crippen LogP contribution in [0.15, 0.2) is 36.4 Å². The maximum atomic E-state index is 6.13. The molecule has 82 valence electrons. The molecule has 0 unspecified atom stereocenters. The number of hydrogen-bond acceptors (Lipinski definition) is 0. The zero-order valence-corrected chi connectivity index (χ0v) is 10.9. The van der Waals surface area contributed by atoms with E-state index in [0.717, 1.165) is 16.7 Å². The summed E-state index contributed by atoms with van der Waals surface area (Å²) in [6.45, 7) is 1.99. The van der Waals surface area contributed by atoms with Crippen molar-refractivity contribution in [2.45, 2.75) is 6.92 Å². The third-order valence-electron chi connectivity index (χ3n) is 2.28. The first kappa shape index (κ1) is 11.8. The highest BCUT2D eigenvalue weighted by atomic mass is 35.5. The van der Waals surface area contributed by atoms with Crippen LogP contribution in [0.4, 0.5) is 0 Å². The van der Waals surface area contributed by atoms with Gasteiger partial charge < -0.3 is 0 Å². The molecular formula is C13H9Cl3. The molecule has 0 atom stereocenters. The fourth-order valence-corrected chi connectivity index (χ4v) is 2.30. The molecule has 0 aliphatic rings. The highest BCUT2D eigenvalue weighted by molar-refractivity contribution is 6.35. The molecule has 16 heavy (non-hydrogen) atoms. The van der Waals surface area contributed by atoms with Gasteiger partial charge in [-0.1, -0.05) is 40.9 Å². The largest absolute Gasteiger partial charge is 0.0843 e. The molecule has 2 rings (SSSR count). The van der Waals surface area contributed by atoms with Crippen molar-refractivity contribution in [1.29, 1.82) is 0 Å². The third-order valence-corrected chi connectivity index (χ3v) is 3.06. The predicted octanol–water partition coefficient (Wildman–Crippen LogP) is 5.62. The Balaban J connectivity index is 2.62. The molecule has 0 spiro atoms. The lowest BCUT2D eigenvalue weighted by Crippen LogP contribution is -1.82. The highest BCUT2D eigenvalue weighted by Gasteiger charge is 2.05. The third kappa shape index (κ3) is 2.52. The lowest BCUT2D eigenvalue weighted by atomic mass is 10.0. The first-order valence-corrected chi connectivity index (χ1v) is 5.92.